The molecule has 1 N–H and O–H groups in total. The monoisotopic (exact) mass is 393 g/mol. The summed E-state index contributed by atoms with van der Waals surface area (Å²) < 4.78 is 32.2. The molecule has 2 aromatic rings. The highest BCUT2D eigenvalue weighted by molar-refractivity contribution is 7.86. The summed E-state index contributed by atoms with van der Waals surface area (Å²) in [5.74, 6) is 0.148. The van der Waals surface area contributed by atoms with E-state index in [9.17, 15) is 13.2 Å². The molecule has 3 rings (SSSR count). The molecule has 1 saturated heterocycles. The summed E-state index contributed by atoms with van der Waals surface area (Å²) in [6, 6.07) is 9.40. The van der Waals surface area contributed by atoms with Crippen molar-refractivity contribution in [3.05, 3.63) is 36.2 Å². The number of nitrogens with one attached hydrogen (secondary N) is 1. The normalized spacial score (nSPS) is 18.6. The van der Waals surface area contributed by atoms with Gasteiger partial charge in [-0.3, -0.25) is 4.79 Å². The molecular weight excluding hydrogens is 370 g/mol. The van der Waals surface area contributed by atoms with Gasteiger partial charge in [0, 0.05) is 32.7 Å². The first-order chi connectivity index (χ1) is 12.9. The van der Waals surface area contributed by atoms with Crippen LogP contribution in [0.5, 0.6) is 0 Å². The first-order valence-electron chi connectivity index (χ1n) is 8.71. The first kappa shape index (κ1) is 19.5. The van der Waals surface area contributed by atoms with E-state index in [1.807, 2.05) is 30.3 Å². The average Bonchev–Trinajstić information content (AvgIpc) is 3.16. The van der Waals surface area contributed by atoms with Gasteiger partial charge < -0.3 is 9.84 Å². The average molecular weight is 393 g/mol. The quantitative estimate of drug-likeness (QED) is 0.780. The van der Waals surface area contributed by atoms with Gasteiger partial charge in [0.2, 0.25) is 17.6 Å². The van der Waals surface area contributed by atoms with Gasteiger partial charge in [-0.15, -0.1) is 0 Å². The standard InChI is InChI=1S/C17H23N5O4S/c1-21(2)27(24,25)22-10-6-9-14(12-22)17(23)18-11-15-19-16(20-26-15)13-7-4-3-5-8-13/h3-5,7-8,14H,6,9-12H2,1-2H3,(H,18,23)/t14-/m1/s1. The predicted octanol–water partition coefficient (Wildman–Crippen LogP) is 0.871. The molecule has 10 heteroatoms. The third kappa shape index (κ3) is 4.52. The van der Waals surface area contributed by atoms with Crippen molar-refractivity contribution >= 4 is 16.1 Å². The molecule has 0 radical (unpaired) electrons. The molecule has 1 atom stereocenters. The Kier molecular flexibility index (Phi) is 5.88. The topological polar surface area (TPSA) is 109 Å². The van der Waals surface area contributed by atoms with Crippen molar-refractivity contribution in [2.75, 3.05) is 27.2 Å². The molecule has 0 saturated carbocycles. The number of amides is 1. The van der Waals surface area contributed by atoms with Crippen LogP contribution in [0.25, 0.3) is 11.4 Å². The lowest BCUT2D eigenvalue weighted by molar-refractivity contribution is -0.126. The van der Waals surface area contributed by atoms with Crippen molar-refractivity contribution in [2.24, 2.45) is 5.92 Å². The number of rotatable bonds is 6. The SMILES string of the molecule is CN(C)S(=O)(=O)N1CCC[C@@H](C(=O)NCc2nc(-c3ccccc3)no2)C1. The molecule has 1 aliphatic rings. The lowest BCUT2D eigenvalue weighted by Crippen LogP contribution is -2.48. The Bertz CT molecular complexity index is 882. The minimum atomic E-state index is -3.51. The van der Waals surface area contributed by atoms with Gasteiger partial charge in [-0.1, -0.05) is 35.5 Å². The van der Waals surface area contributed by atoms with Crippen molar-refractivity contribution in [2.45, 2.75) is 19.4 Å². The zero-order valence-corrected chi connectivity index (χ0v) is 16.1. The molecule has 1 aromatic heterocycles. The number of carbonyl (C=O) groups is 1. The van der Waals surface area contributed by atoms with Gasteiger partial charge in [-0.05, 0) is 12.8 Å². The molecule has 1 aromatic carbocycles. The Balaban J connectivity index is 1.57. The van der Waals surface area contributed by atoms with Gasteiger partial charge in [0.15, 0.2) is 0 Å². The van der Waals surface area contributed by atoms with Crippen molar-refractivity contribution in [3.8, 4) is 11.4 Å². The molecule has 1 fully saturated rings. The molecule has 9 nitrogen and oxygen atoms in total. The Morgan fingerprint density at radius 2 is 2.07 bits per heavy atom. The first-order valence-corrected chi connectivity index (χ1v) is 10.1. The minimum absolute atomic E-state index is 0.107. The van der Waals surface area contributed by atoms with Crippen LogP contribution in [-0.4, -0.2) is 60.3 Å². The molecule has 1 amide bonds. The van der Waals surface area contributed by atoms with Crippen LogP contribution in [0, 0.1) is 5.92 Å². The van der Waals surface area contributed by atoms with Gasteiger partial charge in [0.25, 0.3) is 10.2 Å². The second kappa shape index (κ2) is 8.15. The maximum absolute atomic E-state index is 12.5. The number of benzene rings is 1. The summed E-state index contributed by atoms with van der Waals surface area (Å²) >= 11 is 0. The smallest absolute Gasteiger partial charge is 0.281 e. The Morgan fingerprint density at radius 3 is 2.78 bits per heavy atom. The van der Waals surface area contributed by atoms with E-state index in [2.05, 4.69) is 15.5 Å². The van der Waals surface area contributed by atoms with Crippen molar-refractivity contribution in [3.63, 3.8) is 0 Å². The van der Waals surface area contributed by atoms with Gasteiger partial charge in [0.1, 0.15) is 0 Å². The highest BCUT2D eigenvalue weighted by Crippen LogP contribution is 2.20. The number of carbonyl (C=O) groups excluding carboxylic acids is 1. The summed E-state index contributed by atoms with van der Waals surface area (Å²) in [6.45, 7) is 0.704. The lowest BCUT2D eigenvalue weighted by atomic mass is 9.99. The number of aromatic nitrogens is 2. The second-order valence-electron chi connectivity index (χ2n) is 6.58. The van der Waals surface area contributed by atoms with E-state index in [-0.39, 0.29) is 19.0 Å². The van der Waals surface area contributed by atoms with Crippen LogP contribution in [0.15, 0.2) is 34.9 Å². The fraction of sp³-hybridized carbons (Fsp3) is 0.471. The molecule has 0 spiro atoms. The molecular formula is C17H23N5O4S. The van der Waals surface area contributed by atoms with Crippen LogP contribution < -0.4 is 5.32 Å². The molecule has 0 unspecified atom stereocenters. The van der Waals surface area contributed by atoms with Crippen molar-refractivity contribution in [1.29, 1.82) is 0 Å². The summed E-state index contributed by atoms with van der Waals surface area (Å²) in [5, 5.41) is 6.67. The molecule has 146 valence electrons. The van der Waals surface area contributed by atoms with Crippen LogP contribution in [-0.2, 0) is 21.5 Å². The fourth-order valence-electron chi connectivity index (χ4n) is 2.94. The van der Waals surface area contributed by atoms with E-state index in [1.54, 1.807) is 0 Å². The van der Waals surface area contributed by atoms with Crippen LogP contribution in [0.2, 0.25) is 0 Å². The van der Waals surface area contributed by atoms with E-state index in [0.29, 0.717) is 31.1 Å². The van der Waals surface area contributed by atoms with E-state index in [1.165, 1.54) is 18.4 Å². The number of hydrogen-bond donors (Lipinski definition) is 1. The van der Waals surface area contributed by atoms with Crippen molar-refractivity contribution in [1.82, 2.24) is 24.1 Å². The van der Waals surface area contributed by atoms with E-state index in [0.717, 1.165) is 9.87 Å². The fourth-order valence-corrected chi connectivity index (χ4v) is 4.13. The largest absolute Gasteiger partial charge is 0.347 e. The molecule has 2 heterocycles. The van der Waals surface area contributed by atoms with Gasteiger partial charge >= 0.3 is 0 Å². The highest BCUT2D eigenvalue weighted by Gasteiger charge is 2.33. The molecule has 0 bridgehead atoms. The summed E-state index contributed by atoms with van der Waals surface area (Å²) in [6.07, 6.45) is 1.29. The van der Waals surface area contributed by atoms with E-state index >= 15 is 0 Å². The van der Waals surface area contributed by atoms with Crippen LogP contribution >= 0.6 is 0 Å². The molecule has 27 heavy (non-hydrogen) atoms. The third-order valence-corrected chi connectivity index (χ3v) is 6.36. The van der Waals surface area contributed by atoms with Crippen LogP contribution in [0.1, 0.15) is 18.7 Å². The summed E-state index contributed by atoms with van der Waals surface area (Å²) in [5.41, 5.74) is 0.829. The third-order valence-electron chi connectivity index (χ3n) is 4.46. The maximum atomic E-state index is 12.5. The highest BCUT2D eigenvalue weighted by atomic mass is 32.2. The summed E-state index contributed by atoms with van der Waals surface area (Å²) in [4.78, 5) is 16.7. The number of hydrogen-bond acceptors (Lipinski definition) is 6. The Morgan fingerprint density at radius 1 is 1.33 bits per heavy atom. The van der Waals surface area contributed by atoms with Crippen molar-refractivity contribution < 1.29 is 17.7 Å². The predicted molar refractivity (Wildman–Crippen MR) is 98.5 cm³/mol. The minimum Gasteiger partial charge on any atom is -0.347 e. The van der Waals surface area contributed by atoms with E-state index in [4.69, 9.17) is 4.52 Å². The number of piperidine rings is 1. The number of nitrogens with zero attached hydrogens (tertiary/aromatic N) is 4. The van der Waals surface area contributed by atoms with Gasteiger partial charge in [-0.2, -0.15) is 22.0 Å². The van der Waals surface area contributed by atoms with Crippen LogP contribution in [0.3, 0.4) is 0 Å². The zero-order valence-electron chi connectivity index (χ0n) is 15.3. The second-order valence-corrected chi connectivity index (χ2v) is 8.73. The zero-order chi connectivity index (χ0) is 19.4. The molecule has 0 aliphatic carbocycles. The summed E-state index contributed by atoms with van der Waals surface area (Å²) in [7, 11) is -0.545. The van der Waals surface area contributed by atoms with Gasteiger partial charge in [0.05, 0.1) is 12.5 Å². The molecule has 1 aliphatic heterocycles. The lowest BCUT2D eigenvalue weighted by Gasteiger charge is -2.32. The maximum Gasteiger partial charge on any atom is 0.281 e. The van der Waals surface area contributed by atoms with E-state index < -0.39 is 16.1 Å². The Labute approximate surface area is 158 Å². The van der Waals surface area contributed by atoms with Gasteiger partial charge in [-0.25, -0.2) is 0 Å². The van der Waals surface area contributed by atoms with Crippen LogP contribution in [0.4, 0.5) is 0 Å². The Hall–Kier alpha value is -2.30.